The minimum atomic E-state index is 0.308. The summed E-state index contributed by atoms with van der Waals surface area (Å²) in [7, 11) is 0. The maximum Gasteiger partial charge on any atom is 0.222 e. The molecule has 0 spiro atoms. The van der Waals surface area contributed by atoms with E-state index in [-0.39, 0.29) is 0 Å². The number of carbonyl (C=O) groups is 1. The third-order valence-corrected chi connectivity index (χ3v) is 4.19. The Morgan fingerprint density at radius 1 is 1.14 bits per heavy atom. The molecule has 3 nitrogen and oxygen atoms in total. The van der Waals surface area contributed by atoms with Crippen molar-refractivity contribution in [3.8, 4) is 0 Å². The van der Waals surface area contributed by atoms with Crippen LogP contribution in [0.1, 0.15) is 25.8 Å². The molecule has 1 fully saturated rings. The first kappa shape index (κ1) is 16.3. The van der Waals surface area contributed by atoms with Crippen LogP contribution in [0.4, 0.5) is 0 Å². The summed E-state index contributed by atoms with van der Waals surface area (Å²) in [5.74, 6) is 0.753. The second kappa shape index (κ2) is 7.81. The molecule has 21 heavy (non-hydrogen) atoms. The van der Waals surface area contributed by atoms with Crippen molar-refractivity contribution >= 4 is 17.5 Å². The van der Waals surface area contributed by atoms with Crippen LogP contribution in [0.3, 0.4) is 0 Å². The molecule has 0 aliphatic carbocycles. The number of benzene rings is 1. The van der Waals surface area contributed by atoms with Crippen LogP contribution in [0.15, 0.2) is 24.3 Å². The van der Waals surface area contributed by atoms with Gasteiger partial charge in [0, 0.05) is 44.2 Å². The van der Waals surface area contributed by atoms with Crippen LogP contribution in [0, 0.1) is 5.92 Å². The number of hydrogen-bond donors (Lipinski definition) is 0. The first-order valence-electron chi connectivity index (χ1n) is 7.79. The van der Waals surface area contributed by atoms with Crippen molar-refractivity contribution < 1.29 is 4.79 Å². The molecule has 0 aromatic heterocycles. The number of amides is 1. The average molecular weight is 309 g/mol. The van der Waals surface area contributed by atoms with E-state index in [2.05, 4.69) is 30.9 Å². The summed E-state index contributed by atoms with van der Waals surface area (Å²) < 4.78 is 0. The molecule has 1 amide bonds. The molecule has 0 atom stereocenters. The lowest BCUT2D eigenvalue weighted by Gasteiger charge is -2.35. The van der Waals surface area contributed by atoms with Crippen LogP contribution in [0.25, 0.3) is 0 Å². The molecule has 0 saturated carbocycles. The molecule has 1 heterocycles. The van der Waals surface area contributed by atoms with Gasteiger partial charge in [-0.3, -0.25) is 9.69 Å². The summed E-state index contributed by atoms with van der Waals surface area (Å²) in [5.41, 5.74) is 1.32. The predicted molar refractivity (Wildman–Crippen MR) is 87.6 cm³/mol. The summed E-state index contributed by atoms with van der Waals surface area (Å²) in [6, 6.07) is 8.06. The highest BCUT2D eigenvalue weighted by Crippen LogP contribution is 2.12. The Balaban J connectivity index is 1.71. The number of piperazine rings is 1. The van der Waals surface area contributed by atoms with E-state index in [1.807, 2.05) is 17.0 Å². The number of rotatable bonds is 5. The molecular formula is C17H25ClN2O. The average Bonchev–Trinajstić information content (AvgIpc) is 2.46. The Kier molecular flexibility index (Phi) is 6.07. The summed E-state index contributed by atoms with van der Waals surface area (Å²) in [6.07, 6.45) is 1.71. The van der Waals surface area contributed by atoms with Gasteiger partial charge in [0.15, 0.2) is 0 Å². The smallest absolute Gasteiger partial charge is 0.222 e. The molecule has 1 aliphatic heterocycles. The van der Waals surface area contributed by atoms with Crippen LogP contribution in [-0.2, 0) is 11.2 Å². The summed E-state index contributed by atoms with van der Waals surface area (Å²) in [5, 5.41) is 0.788. The highest BCUT2D eigenvalue weighted by molar-refractivity contribution is 6.30. The molecular weight excluding hydrogens is 284 g/mol. The third-order valence-electron chi connectivity index (χ3n) is 3.94. The van der Waals surface area contributed by atoms with Gasteiger partial charge in [-0.05, 0) is 30.0 Å². The summed E-state index contributed by atoms with van der Waals surface area (Å²) in [4.78, 5) is 16.5. The van der Waals surface area contributed by atoms with Crippen LogP contribution in [0.5, 0.6) is 0 Å². The van der Waals surface area contributed by atoms with Gasteiger partial charge in [0.25, 0.3) is 0 Å². The molecule has 0 unspecified atom stereocenters. The van der Waals surface area contributed by atoms with Crippen LogP contribution >= 0.6 is 11.6 Å². The highest BCUT2D eigenvalue weighted by atomic mass is 35.5. The van der Waals surface area contributed by atoms with Gasteiger partial charge in [-0.25, -0.2) is 0 Å². The quantitative estimate of drug-likeness (QED) is 0.834. The van der Waals surface area contributed by atoms with E-state index in [0.717, 1.165) is 44.2 Å². The minimum Gasteiger partial charge on any atom is -0.340 e. The van der Waals surface area contributed by atoms with Gasteiger partial charge in [0.05, 0.1) is 0 Å². The zero-order valence-electron chi connectivity index (χ0n) is 13.0. The normalized spacial score (nSPS) is 16.5. The molecule has 116 valence electrons. The molecule has 1 aliphatic rings. The van der Waals surface area contributed by atoms with Crippen molar-refractivity contribution in [3.05, 3.63) is 34.9 Å². The maximum atomic E-state index is 12.0. The van der Waals surface area contributed by atoms with Gasteiger partial charge in [0.2, 0.25) is 5.91 Å². The largest absolute Gasteiger partial charge is 0.340 e. The van der Waals surface area contributed by atoms with Crippen LogP contribution in [0.2, 0.25) is 5.02 Å². The highest BCUT2D eigenvalue weighted by Gasteiger charge is 2.21. The van der Waals surface area contributed by atoms with E-state index in [1.54, 1.807) is 0 Å². The molecule has 0 N–H and O–H groups in total. The molecule has 2 rings (SSSR count). The van der Waals surface area contributed by atoms with E-state index in [1.165, 1.54) is 5.56 Å². The van der Waals surface area contributed by atoms with Gasteiger partial charge in [-0.15, -0.1) is 0 Å². The van der Waals surface area contributed by atoms with E-state index in [4.69, 9.17) is 11.6 Å². The fraction of sp³-hybridized carbons (Fsp3) is 0.588. The second-order valence-electron chi connectivity index (χ2n) is 6.20. The van der Waals surface area contributed by atoms with Crippen molar-refractivity contribution in [3.63, 3.8) is 0 Å². The maximum absolute atomic E-state index is 12.0. The zero-order chi connectivity index (χ0) is 15.2. The molecule has 1 aromatic rings. The van der Waals surface area contributed by atoms with Crippen molar-refractivity contribution in [2.75, 3.05) is 32.7 Å². The van der Waals surface area contributed by atoms with Crippen molar-refractivity contribution in [1.29, 1.82) is 0 Å². The molecule has 1 saturated heterocycles. The molecule has 0 radical (unpaired) electrons. The lowest BCUT2D eigenvalue weighted by molar-refractivity contribution is -0.133. The Morgan fingerprint density at radius 2 is 1.76 bits per heavy atom. The second-order valence-corrected chi connectivity index (χ2v) is 6.63. The SMILES string of the molecule is CC(C)CC(=O)N1CCN(CCc2ccc(Cl)cc2)CC1. The van der Waals surface area contributed by atoms with Crippen molar-refractivity contribution in [1.82, 2.24) is 9.80 Å². The van der Waals surface area contributed by atoms with Gasteiger partial charge in [0.1, 0.15) is 0 Å². The predicted octanol–water partition coefficient (Wildman–Crippen LogP) is 3.07. The topological polar surface area (TPSA) is 23.6 Å². The Hall–Kier alpha value is -1.06. The fourth-order valence-corrected chi connectivity index (χ4v) is 2.76. The van der Waals surface area contributed by atoms with Gasteiger partial charge < -0.3 is 4.90 Å². The molecule has 1 aromatic carbocycles. The van der Waals surface area contributed by atoms with E-state index in [0.29, 0.717) is 18.2 Å². The fourth-order valence-electron chi connectivity index (χ4n) is 2.64. The van der Waals surface area contributed by atoms with Gasteiger partial charge >= 0.3 is 0 Å². The van der Waals surface area contributed by atoms with E-state index < -0.39 is 0 Å². The first-order chi connectivity index (χ1) is 10.0. The number of carbonyl (C=O) groups excluding carboxylic acids is 1. The molecule has 4 heteroatoms. The van der Waals surface area contributed by atoms with Gasteiger partial charge in [-0.1, -0.05) is 37.6 Å². The number of halogens is 1. The summed E-state index contributed by atoms with van der Waals surface area (Å²) >= 11 is 5.89. The third kappa shape index (κ3) is 5.33. The lowest BCUT2D eigenvalue weighted by Crippen LogP contribution is -2.49. The standard InChI is InChI=1S/C17H25ClN2O/c1-14(2)13-17(21)20-11-9-19(10-12-20)8-7-15-3-5-16(18)6-4-15/h3-6,14H,7-13H2,1-2H3. The first-order valence-corrected chi connectivity index (χ1v) is 8.17. The Morgan fingerprint density at radius 3 is 2.33 bits per heavy atom. The van der Waals surface area contributed by atoms with E-state index >= 15 is 0 Å². The lowest BCUT2D eigenvalue weighted by atomic mass is 10.1. The van der Waals surface area contributed by atoms with Gasteiger partial charge in [-0.2, -0.15) is 0 Å². The Bertz CT molecular complexity index is 450. The van der Waals surface area contributed by atoms with Crippen molar-refractivity contribution in [2.24, 2.45) is 5.92 Å². The number of hydrogen-bond acceptors (Lipinski definition) is 2. The zero-order valence-corrected chi connectivity index (χ0v) is 13.8. The van der Waals surface area contributed by atoms with Crippen molar-refractivity contribution in [2.45, 2.75) is 26.7 Å². The monoisotopic (exact) mass is 308 g/mol. The number of nitrogens with zero attached hydrogens (tertiary/aromatic N) is 2. The minimum absolute atomic E-state index is 0.308. The van der Waals surface area contributed by atoms with E-state index in [9.17, 15) is 4.79 Å². The van der Waals surface area contributed by atoms with Crippen LogP contribution < -0.4 is 0 Å². The summed E-state index contributed by atoms with van der Waals surface area (Å²) in [6.45, 7) is 8.95. The molecule has 0 bridgehead atoms. The van der Waals surface area contributed by atoms with Crippen LogP contribution in [-0.4, -0.2) is 48.4 Å². The Labute approximate surface area is 132 Å².